The van der Waals surface area contributed by atoms with Gasteiger partial charge < -0.3 is 32.8 Å². The quantitative estimate of drug-likeness (QED) is 0.498. The zero-order chi connectivity index (χ0) is 9.07. The maximum atomic E-state index is 7.00. The normalized spacial score (nSPS) is 6.00. The Bertz CT molecular complexity index is 179. The molecule has 2 rings (SSSR count). The summed E-state index contributed by atoms with van der Waals surface area (Å²) in [5.41, 5.74) is 0. The first-order valence-electron chi connectivity index (χ1n) is 2.62. The molecular formula is C4H5BrCdN6O2. The van der Waals surface area contributed by atoms with Crippen molar-refractivity contribution in [3.8, 4) is 0 Å². The van der Waals surface area contributed by atoms with Crippen LogP contribution in [0.5, 0.6) is 0 Å². The summed E-state index contributed by atoms with van der Waals surface area (Å²) in [5.74, 6) is 0. The molecule has 14 heavy (non-hydrogen) atoms. The molecular weight excluding hydrogens is 356 g/mol. The van der Waals surface area contributed by atoms with Crippen LogP contribution in [0.15, 0.2) is 12.4 Å². The molecule has 0 aliphatic rings. The van der Waals surface area contributed by atoms with Crippen molar-refractivity contribution < 1.29 is 27.3 Å². The number of rotatable bonds is 0. The number of nitrogens with zero attached hydrogens (tertiary/aromatic N) is 4. The van der Waals surface area contributed by atoms with Gasteiger partial charge in [0.15, 0.2) is 0 Å². The van der Waals surface area contributed by atoms with Crippen LogP contribution in [0.25, 0.3) is 0 Å². The molecule has 2 N–H and O–H groups in total. The fourth-order valence-electron chi connectivity index (χ4n) is 0.289. The average molecular weight is 361 g/mol. The Balaban J connectivity index is -0.000000131. The topological polar surface area (TPSA) is 117 Å². The van der Waals surface area contributed by atoms with Gasteiger partial charge in [0.2, 0.25) is 0 Å². The van der Waals surface area contributed by atoms with E-state index < -0.39 is 0 Å². The summed E-state index contributed by atoms with van der Waals surface area (Å²) in [4.78, 5) is 14.0. The second-order valence-electron chi connectivity index (χ2n) is 1.21. The van der Waals surface area contributed by atoms with Crippen molar-refractivity contribution in [2.75, 3.05) is 0 Å². The minimum Gasteiger partial charge on any atom is -0.352 e. The molecule has 72 valence electrons. The predicted octanol–water partition coefficient (Wildman–Crippen LogP) is -0.148. The van der Waals surface area contributed by atoms with Crippen LogP contribution >= 0.6 is 17.0 Å². The van der Waals surface area contributed by atoms with Crippen molar-refractivity contribution >= 4 is 17.0 Å². The van der Waals surface area contributed by atoms with E-state index in [4.69, 9.17) is 9.93 Å². The van der Waals surface area contributed by atoms with E-state index >= 15 is 0 Å². The molecule has 0 unspecified atom stereocenters. The van der Waals surface area contributed by atoms with Crippen molar-refractivity contribution in [1.82, 2.24) is 30.8 Å². The van der Waals surface area contributed by atoms with E-state index in [1.807, 2.05) is 0 Å². The van der Waals surface area contributed by atoms with Gasteiger partial charge in [-0.2, -0.15) is 0 Å². The molecule has 0 saturated carbocycles. The van der Waals surface area contributed by atoms with E-state index in [2.05, 4.69) is 43.2 Å². The number of aromatic nitrogens is 6. The molecule has 0 saturated heterocycles. The minimum atomic E-state index is 0. The summed E-state index contributed by atoms with van der Waals surface area (Å²) >= 11 is 0. The maximum Gasteiger partial charge on any atom is 2.00 e. The van der Waals surface area contributed by atoms with Crippen molar-refractivity contribution in [3.63, 3.8) is 0 Å². The summed E-state index contributed by atoms with van der Waals surface area (Å²) < 4.78 is 0. The Morgan fingerprint density at radius 3 is 1.36 bits per heavy atom. The molecule has 0 atom stereocenters. The molecule has 2 aromatic heterocycles. The van der Waals surface area contributed by atoms with E-state index in [0.717, 1.165) is 0 Å². The standard InChI is InChI=1S/2C2H2N3.BrH.Cd.O2/c2*1-2-4-5-3-1;;;1-2/h2*1H,(H,3,4,5);1H;;/q2*-1;;+2;. The van der Waals surface area contributed by atoms with Crippen LogP contribution in [-0.2, 0) is 27.3 Å². The third kappa shape index (κ3) is 13.8. The fraction of sp³-hybridized carbons (Fsp3) is 0. The van der Waals surface area contributed by atoms with Crippen LogP contribution in [0.2, 0.25) is 0 Å². The van der Waals surface area contributed by atoms with Crippen molar-refractivity contribution in [1.29, 1.82) is 0 Å². The maximum absolute atomic E-state index is 7.00. The van der Waals surface area contributed by atoms with Crippen molar-refractivity contribution in [3.05, 3.63) is 34.7 Å². The largest absolute Gasteiger partial charge is 2.00 e. The van der Waals surface area contributed by atoms with Gasteiger partial charge in [0, 0.05) is 9.93 Å². The summed E-state index contributed by atoms with van der Waals surface area (Å²) in [6.07, 6.45) is 7.94. The van der Waals surface area contributed by atoms with Crippen LogP contribution < -0.4 is 0 Å². The molecule has 0 aromatic carbocycles. The zero-order valence-corrected chi connectivity index (χ0v) is 12.6. The van der Waals surface area contributed by atoms with Crippen LogP contribution in [-0.4, -0.2) is 30.8 Å². The molecule has 2 aromatic rings. The second kappa shape index (κ2) is 18.1. The van der Waals surface area contributed by atoms with Gasteiger partial charge >= 0.3 is 27.3 Å². The summed E-state index contributed by atoms with van der Waals surface area (Å²) in [5, 5.41) is 18.1. The Morgan fingerprint density at radius 1 is 0.929 bits per heavy atom. The van der Waals surface area contributed by atoms with Crippen LogP contribution in [0.4, 0.5) is 0 Å². The molecule has 0 spiro atoms. The Morgan fingerprint density at radius 2 is 1.29 bits per heavy atom. The number of hydrogen-bond acceptors (Lipinski definition) is 6. The number of aromatic amines is 2. The summed E-state index contributed by atoms with van der Waals surface area (Å²) in [6, 6.07) is 0. The monoisotopic (exact) mass is 362 g/mol. The van der Waals surface area contributed by atoms with Crippen LogP contribution in [0.1, 0.15) is 0 Å². The Hall–Kier alpha value is -0.718. The number of hydrogen-bond donors (Lipinski definition) is 2. The SMILES string of the molecule is Br.O=O.[Cd+2].[c-]1c[nH]nn1.[c-]1c[nH]nn1. The summed E-state index contributed by atoms with van der Waals surface area (Å²) in [7, 11) is 0. The second-order valence-corrected chi connectivity index (χ2v) is 1.21. The molecule has 8 nitrogen and oxygen atoms in total. The van der Waals surface area contributed by atoms with Crippen LogP contribution in [0, 0.1) is 22.3 Å². The van der Waals surface area contributed by atoms with E-state index in [9.17, 15) is 0 Å². The van der Waals surface area contributed by atoms with Gasteiger partial charge in [-0.3, -0.25) is 0 Å². The van der Waals surface area contributed by atoms with Gasteiger partial charge in [-0.05, 0) is 0 Å². The van der Waals surface area contributed by atoms with E-state index in [1.54, 1.807) is 0 Å². The smallest absolute Gasteiger partial charge is 0.352 e. The molecule has 0 radical (unpaired) electrons. The molecule has 0 amide bonds. The fourth-order valence-corrected chi connectivity index (χ4v) is 0.289. The first kappa shape index (κ1) is 19.0. The van der Waals surface area contributed by atoms with Gasteiger partial charge in [-0.25, -0.2) is 0 Å². The van der Waals surface area contributed by atoms with Gasteiger partial charge in [0.25, 0.3) is 0 Å². The van der Waals surface area contributed by atoms with Gasteiger partial charge in [-0.15, -0.1) is 39.8 Å². The Kier molecular flexibility index (Phi) is 24.6. The van der Waals surface area contributed by atoms with Gasteiger partial charge in [0.1, 0.15) is 0 Å². The van der Waals surface area contributed by atoms with Crippen molar-refractivity contribution in [2.45, 2.75) is 0 Å². The molecule has 0 fully saturated rings. The van der Waals surface area contributed by atoms with E-state index in [-0.39, 0.29) is 44.3 Å². The van der Waals surface area contributed by atoms with Crippen LogP contribution in [0.3, 0.4) is 0 Å². The molecule has 0 aliphatic carbocycles. The summed E-state index contributed by atoms with van der Waals surface area (Å²) in [6.45, 7) is 0. The third-order valence-corrected chi connectivity index (χ3v) is 0.589. The minimum absolute atomic E-state index is 0. The first-order valence-corrected chi connectivity index (χ1v) is 2.62. The number of H-pyrrole nitrogens is 2. The molecule has 2 heterocycles. The average Bonchev–Trinajstić information content (AvgIpc) is 2.87. The van der Waals surface area contributed by atoms with E-state index in [1.165, 1.54) is 12.4 Å². The van der Waals surface area contributed by atoms with Crippen molar-refractivity contribution in [2.24, 2.45) is 0 Å². The molecule has 0 bridgehead atoms. The molecule has 0 aliphatic heterocycles. The van der Waals surface area contributed by atoms with Gasteiger partial charge in [-0.1, -0.05) is 0 Å². The van der Waals surface area contributed by atoms with Gasteiger partial charge in [0.05, 0.1) is 0 Å². The van der Waals surface area contributed by atoms with E-state index in [0.29, 0.717) is 0 Å². The predicted molar refractivity (Wildman–Crippen MR) is 47.5 cm³/mol. The Labute approximate surface area is 109 Å². The number of halogens is 1. The third-order valence-electron chi connectivity index (χ3n) is 0.589. The zero-order valence-electron chi connectivity index (χ0n) is 6.88. The first-order chi connectivity index (χ1) is 6.00. The number of nitrogens with one attached hydrogen (secondary N) is 2. The molecule has 10 heteroatoms.